The number of thiophene rings is 1. The van der Waals surface area contributed by atoms with Crippen molar-refractivity contribution in [3.8, 4) is 39.9 Å². The van der Waals surface area contributed by atoms with Gasteiger partial charge in [0.2, 0.25) is 5.95 Å². The molecular formula is C45H26N4OS. The lowest BCUT2D eigenvalue weighted by Gasteiger charge is -2.11. The number of fused-ring (bicyclic) bond motifs is 10. The van der Waals surface area contributed by atoms with Gasteiger partial charge in [0, 0.05) is 48.1 Å². The highest BCUT2D eigenvalue weighted by Crippen LogP contribution is 2.43. The highest BCUT2D eigenvalue weighted by molar-refractivity contribution is 7.26. The molecule has 4 heterocycles. The van der Waals surface area contributed by atoms with Gasteiger partial charge in [-0.05, 0) is 41.5 Å². The first-order chi connectivity index (χ1) is 27.4. The fourth-order valence-corrected chi connectivity index (χ4v) is 8.57. The average molecular weight is 676 g/mol. The Labute approximate surface area is 302 Å². The molecule has 0 aliphatic heterocycles. The first-order valence-electron chi connectivity index (χ1n) is 19.0. The van der Waals surface area contributed by atoms with Crippen LogP contribution in [0.1, 0.15) is 6.85 Å². The van der Waals surface area contributed by atoms with Crippen molar-refractivity contribution in [1.29, 1.82) is 0 Å². The highest BCUT2D eigenvalue weighted by Gasteiger charge is 2.22. The zero-order valence-electron chi connectivity index (χ0n) is 31.7. The summed E-state index contributed by atoms with van der Waals surface area (Å²) in [5.74, 6) is 0.480. The molecule has 0 aliphatic carbocycles. The summed E-state index contributed by atoms with van der Waals surface area (Å²) in [4.78, 5) is 15.0. The highest BCUT2D eigenvalue weighted by atomic mass is 32.1. The molecule has 0 saturated heterocycles. The van der Waals surface area contributed by atoms with Crippen LogP contribution in [0.25, 0.3) is 104 Å². The van der Waals surface area contributed by atoms with Crippen molar-refractivity contribution in [2.24, 2.45) is 0 Å². The lowest BCUT2D eigenvalue weighted by atomic mass is 9.99. The molecule has 11 aromatic rings. The van der Waals surface area contributed by atoms with Crippen molar-refractivity contribution < 1.29 is 11.3 Å². The molecule has 5 nitrogen and oxygen atoms in total. The first-order valence-corrected chi connectivity index (χ1v) is 17.4. The second kappa shape index (κ2) is 10.9. The van der Waals surface area contributed by atoms with E-state index in [0.29, 0.717) is 11.1 Å². The predicted molar refractivity (Wildman–Crippen MR) is 211 cm³/mol. The molecule has 0 unspecified atom stereocenters. The van der Waals surface area contributed by atoms with E-state index < -0.39 is 30.2 Å². The maximum absolute atomic E-state index is 8.89. The van der Waals surface area contributed by atoms with Gasteiger partial charge in [0.25, 0.3) is 0 Å². The maximum atomic E-state index is 8.89. The van der Waals surface area contributed by atoms with Gasteiger partial charge in [0.1, 0.15) is 11.2 Å². The molecule has 11 rings (SSSR count). The third-order valence-electron chi connectivity index (χ3n) is 9.57. The second-order valence-corrected chi connectivity index (χ2v) is 13.5. The van der Waals surface area contributed by atoms with E-state index in [1.165, 1.54) is 0 Å². The van der Waals surface area contributed by atoms with E-state index in [0.717, 1.165) is 69.5 Å². The van der Waals surface area contributed by atoms with Gasteiger partial charge < -0.3 is 4.42 Å². The Kier molecular flexibility index (Phi) is 5.08. The van der Waals surface area contributed by atoms with Crippen LogP contribution < -0.4 is 0 Å². The van der Waals surface area contributed by atoms with Gasteiger partial charge in [0.15, 0.2) is 11.6 Å². The summed E-state index contributed by atoms with van der Waals surface area (Å²) >= 11 is 1.69. The number of hydrogen-bond acceptors (Lipinski definition) is 5. The van der Waals surface area contributed by atoms with Crippen LogP contribution >= 0.6 is 11.3 Å². The van der Waals surface area contributed by atoms with Gasteiger partial charge in [0.05, 0.1) is 22.6 Å². The molecule has 7 aromatic carbocycles. The molecule has 0 radical (unpaired) electrons. The molecule has 6 heteroatoms. The summed E-state index contributed by atoms with van der Waals surface area (Å²) in [6.07, 6.45) is 0. The normalized spacial score (nSPS) is 13.3. The van der Waals surface area contributed by atoms with Gasteiger partial charge in [-0.1, -0.05) is 127 Å². The standard InChI is InChI=1S/C45H26N4OS/c1-3-12-27(13-4-1)30-18-11-20-37-40(30)35-23-22-29(26-38(35)50-37)44-46-43(28-14-5-2-6-15-28)47-45(48-44)49-36-19-9-7-16-31(36)33-24-25-34-32-17-8-10-21-39(32)51-42(34)41(33)49/h1-26H/i2D,5D,6D,14D,15D. The van der Waals surface area contributed by atoms with Crippen molar-refractivity contribution in [2.75, 3.05) is 0 Å². The molecule has 51 heavy (non-hydrogen) atoms. The minimum atomic E-state index is -0.488. The number of nitrogens with zero attached hydrogens (tertiary/aromatic N) is 4. The third kappa shape index (κ3) is 4.30. The Morgan fingerprint density at radius 1 is 0.549 bits per heavy atom. The van der Waals surface area contributed by atoms with Crippen LogP contribution in [0.4, 0.5) is 0 Å². The van der Waals surface area contributed by atoms with E-state index >= 15 is 0 Å². The molecule has 0 saturated carbocycles. The van der Waals surface area contributed by atoms with E-state index in [2.05, 4.69) is 48.5 Å². The van der Waals surface area contributed by atoms with E-state index in [1.54, 1.807) is 11.3 Å². The molecule has 0 amide bonds. The average Bonchev–Trinajstić information content (AvgIpc) is 3.92. The Hall–Kier alpha value is -6.63. The van der Waals surface area contributed by atoms with Crippen molar-refractivity contribution in [2.45, 2.75) is 0 Å². The molecular weight excluding hydrogens is 645 g/mol. The van der Waals surface area contributed by atoms with Crippen LogP contribution in [0, 0.1) is 0 Å². The van der Waals surface area contributed by atoms with Crippen molar-refractivity contribution in [1.82, 2.24) is 19.5 Å². The number of rotatable bonds is 4. The molecule has 0 bridgehead atoms. The zero-order valence-corrected chi connectivity index (χ0v) is 27.5. The number of furan rings is 1. The van der Waals surface area contributed by atoms with Crippen LogP contribution in [0.3, 0.4) is 0 Å². The molecule has 0 N–H and O–H groups in total. The van der Waals surface area contributed by atoms with Gasteiger partial charge >= 0.3 is 0 Å². The monoisotopic (exact) mass is 675 g/mol. The first kappa shape index (κ1) is 23.7. The SMILES string of the molecule is [2H]c1c([2H])c([2H])c(-c2nc(-c3ccc4c(c3)oc3cccc(-c5ccccc5)c34)nc(-n3c4ccccc4c4ccc5c6ccccc6sc5c43)n2)c([2H])c1[2H]. The topological polar surface area (TPSA) is 56.7 Å². The van der Waals surface area contributed by atoms with Crippen LogP contribution in [-0.4, -0.2) is 19.5 Å². The summed E-state index contributed by atoms with van der Waals surface area (Å²) in [6.45, 7) is 0. The minimum Gasteiger partial charge on any atom is -0.456 e. The molecule has 4 aromatic heterocycles. The number of hydrogen-bond donors (Lipinski definition) is 0. The third-order valence-corrected chi connectivity index (χ3v) is 10.8. The molecule has 0 fully saturated rings. The van der Waals surface area contributed by atoms with Gasteiger partial charge in [-0.25, -0.2) is 4.98 Å². The lowest BCUT2D eigenvalue weighted by Crippen LogP contribution is -2.06. The number of benzene rings is 7. The summed E-state index contributed by atoms with van der Waals surface area (Å²) in [5, 5.41) is 6.20. The van der Waals surface area contributed by atoms with E-state index in [9.17, 15) is 0 Å². The fourth-order valence-electron chi connectivity index (χ4n) is 7.33. The van der Waals surface area contributed by atoms with Crippen LogP contribution in [0.15, 0.2) is 162 Å². The lowest BCUT2D eigenvalue weighted by molar-refractivity contribution is 0.669. The molecule has 238 valence electrons. The Bertz CT molecular complexity index is 3420. The summed E-state index contributed by atoms with van der Waals surface area (Å²) < 4.78 is 53.7. The van der Waals surface area contributed by atoms with Gasteiger partial charge in [-0.3, -0.25) is 4.57 Å². The second-order valence-electron chi connectivity index (χ2n) is 12.4. The van der Waals surface area contributed by atoms with Crippen LogP contribution in [0.2, 0.25) is 0 Å². The van der Waals surface area contributed by atoms with E-state index in [1.807, 2.05) is 83.4 Å². The molecule has 0 atom stereocenters. The maximum Gasteiger partial charge on any atom is 0.238 e. The van der Waals surface area contributed by atoms with Crippen molar-refractivity contribution >= 4 is 75.3 Å². The Morgan fingerprint density at radius 2 is 1.29 bits per heavy atom. The smallest absolute Gasteiger partial charge is 0.238 e. The van der Waals surface area contributed by atoms with Crippen LogP contribution in [0.5, 0.6) is 0 Å². The Morgan fingerprint density at radius 3 is 2.18 bits per heavy atom. The molecule has 0 aliphatic rings. The van der Waals surface area contributed by atoms with Crippen molar-refractivity contribution in [3.05, 3.63) is 158 Å². The van der Waals surface area contributed by atoms with Crippen LogP contribution in [-0.2, 0) is 0 Å². The Balaban J connectivity index is 1.22. The van der Waals surface area contributed by atoms with Gasteiger partial charge in [-0.2, -0.15) is 9.97 Å². The van der Waals surface area contributed by atoms with Crippen molar-refractivity contribution in [3.63, 3.8) is 0 Å². The zero-order chi connectivity index (χ0) is 37.8. The number of para-hydroxylation sites is 1. The number of aromatic nitrogens is 4. The van der Waals surface area contributed by atoms with E-state index in [4.69, 9.17) is 26.2 Å². The van der Waals surface area contributed by atoms with Gasteiger partial charge in [-0.15, -0.1) is 11.3 Å². The minimum absolute atomic E-state index is 0.0347. The summed E-state index contributed by atoms with van der Waals surface area (Å²) in [5.41, 5.74) is 5.79. The summed E-state index contributed by atoms with van der Waals surface area (Å²) in [7, 11) is 0. The molecule has 0 spiro atoms. The predicted octanol–water partition coefficient (Wildman–Crippen LogP) is 12.2. The quantitative estimate of drug-likeness (QED) is 0.186. The summed E-state index contributed by atoms with van der Waals surface area (Å²) in [6, 6.07) is 40.5. The van der Waals surface area contributed by atoms with E-state index in [-0.39, 0.29) is 23.2 Å². The largest absolute Gasteiger partial charge is 0.456 e. The fraction of sp³-hybridized carbons (Fsp3) is 0.